The Balaban J connectivity index is 2.26. The van der Waals surface area contributed by atoms with Crippen molar-refractivity contribution >= 4 is 21.9 Å². The van der Waals surface area contributed by atoms with Crippen LogP contribution in [0.5, 0.6) is 0 Å². The molecule has 0 spiro atoms. The third-order valence-corrected chi connectivity index (χ3v) is 3.35. The fourth-order valence-electron chi connectivity index (χ4n) is 1.83. The van der Waals surface area contributed by atoms with Crippen LogP contribution in [0, 0.1) is 6.92 Å². The van der Waals surface area contributed by atoms with Crippen molar-refractivity contribution in [1.82, 2.24) is 10.2 Å². The summed E-state index contributed by atoms with van der Waals surface area (Å²) in [6.07, 6.45) is 2.02. The second kappa shape index (κ2) is 5.93. The van der Waals surface area contributed by atoms with E-state index in [2.05, 4.69) is 26.1 Å². The Hall–Kier alpha value is -1.75. The van der Waals surface area contributed by atoms with Crippen molar-refractivity contribution in [3.05, 3.63) is 57.8 Å². The van der Waals surface area contributed by atoms with Crippen LogP contribution in [-0.4, -0.2) is 21.3 Å². The van der Waals surface area contributed by atoms with Crippen LogP contribution in [0.2, 0.25) is 0 Å². The molecular weight excluding hydrogens is 308 g/mol. The molecule has 0 fully saturated rings. The maximum Gasteiger partial charge on any atom is 0.313 e. The second-order valence-corrected chi connectivity index (χ2v) is 5.29. The Morgan fingerprint density at radius 1 is 1.37 bits per heavy atom. The van der Waals surface area contributed by atoms with Crippen molar-refractivity contribution in [3.8, 4) is 0 Å². The van der Waals surface area contributed by atoms with Crippen LogP contribution in [-0.2, 0) is 11.2 Å². The Bertz CT molecular complexity index is 584. The maximum absolute atomic E-state index is 11.4. The summed E-state index contributed by atoms with van der Waals surface area (Å²) in [5.74, 6) is -1.56. The molecular formula is C14H13BrN2O2. The standard InChI is InChI=1S/C14H13BrN2O2/c1-9-6-13(17-16-8-9)12(14(18)19)7-10-2-4-11(15)5-3-10/h2-6,8,12H,7H2,1H3,(H,18,19). The van der Waals surface area contributed by atoms with Gasteiger partial charge in [-0.3, -0.25) is 4.79 Å². The van der Waals surface area contributed by atoms with E-state index in [0.717, 1.165) is 15.6 Å². The van der Waals surface area contributed by atoms with Gasteiger partial charge in [-0.05, 0) is 42.7 Å². The molecule has 0 saturated heterocycles. The molecule has 19 heavy (non-hydrogen) atoms. The highest BCUT2D eigenvalue weighted by Gasteiger charge is 2.22. The zero-order valence-electron chi connectivity index (χ0n) is 10.4. The summed E-state index contributed by atoms with van der Waals surface area (Å²) in [5.41, 5.74) is 2.36. The molecule has 4 nitrogen and oxygen atoms in total. The van der Waals surface area contributed by atoms with Crippen LogP contribution in [0.4, 0.5) is 0 Å². The first-order chi connectivity index (χ1) is 9.06. The molecule has 5 heteroatoms. The second-order valence-electron chi connectivity index (χ2n) is 4.38. The number of hydrogen-bond donors (Lipinski definition) is 1. The van der Waals surface area contributed by atoms with E-state index in [1.54, 1.807) is 12.3 Å². The monoisotopic (exact) mass is 320 g/mol. The molecule has 1 unspecified atom stereocenters. The molecule has 0 bridgehead atoms. The van der Waals surface area contributed by atoms with Crippen molar-refractivity contribution in [3.63, 3.8) is 0 Å². The van der Waals surface area contributed by atoms with Crippen molar-refractivity contribution in [2.24, 2.45) is 0 Å². The fourth-order valence-corrected chi connectivity index (χ4v) is 2.10. The van der Waals surface area contributed by atoms with E-state index in [9.17, 15) is 9.90 Å². The maximum atomic E-state index is 11.4. The number of halogens is 1. The molecule has 1 atom stereocenters. The van der Waals surface area contributed by atoms with E-state index in [1.165, 1.54) is 0 Å². The smallest absolute Gasteiger partial charge is 0.313 e. The van der Waals surface area contributed by atoms with Gasteiger partial charge in [-0.15, -0.1) is 0 Å². The molecule has 0 amide bonds. The zero-order chi connectivity index (χ0) is 13.8. The van der Waals surface area contributed by atoms with Crippen LogP contribution in [0.3, 0.4) is 0 Å². The lowest BCUT2D eigenvalue weighted by molar-refractivity contribution is -0.138. The minimum Gasteiger partial charge on any atom is -0.481 e. The quantitative estimate of drug-likeness (QED) is 0.940. The lowest BCUT2D eigenvalue weighted by Gasteiger charge is -2.11. The van der Waals surface area contributed by atoms with Gasteiger partial charge in [0.25, 0.3) is 0 Å². The average molecular weight is 321 g/mol. The van der Waals surface area contributed by atoms with Crippen LogP contribution in [0.1, 0.15) is 22.7 Å². The van der Waals surface area contributed by atoms with Gasteiger partial charge in [0.2, 0.25) is 0 Å². The third-order valence-electron chi connectivity index (χ3n) is 2.82. The number of benzene rings is 1. The van der Waals surface area contributed by atoms with Gasteiger partial charge in [0.05, 0.1) is 11.9 Å². The first-order valence-corrected chi connectivity index (χ1v) is 6.62. The topological polar surface area (TPSA) is 63.1 Å². The van der Waals surface area contributed by atoms with Gasteiger partial charge >= 0.3 is 5.97 Å². The summed E-state index contributed by atoms with van der Waals surface area (Å²) in [4.78, 5) is 11.4. The highest BCUT2D eigenvalue weighted by Crippen LogP contribution is 2.21. The van der Waals surface area contributed by atoms with Gasteiger partial charge in [0.1, 0.15) is 5.92 Å². The molecule has 0 aliphatic heterocycles. The summed E-state index contributed by atoms with van der Waals surface area (Å²) in [7, 11) is 0. The van der Waals surface area contributed by atoms with Gasteiger partial charge in [0, 0.05) is 4.47 Å². The Morgan fingerprint density at radius 2 is 2.05 bits per heavy atom. The fraction of sp³-hybridized carbons (Fsp3) is 0.214. The van der Waals surface area contributed by atoms with Crippen molar-refractivity contribution in [1.29, 1.82) is 0 Å². The lowest BCUT2D eigenvalue weighted by Crippen LogP contribution is -2.16. The highest BCUT2D eigenvalue weighted by atomic mass is 79.9. The number of carboxylic acids is 1. The summed E-state index contributed by atoms with van der Waals surface area (Å²) in [5, 5.41) is 17.1. The molecule has 0 radical (unpaired) electrons. The lowest BCUT2D eigenvalue weighted by atomic mass is 9.95. The predicted molar refractivity (Wildman–Crippen MR) is 75.0 cm³/mol. The van der Waals surface area contributed by atoms with Crippen LogP contribution in [0.25, 0.3) is 0 Å². The largest absolute Gasteiger partial charge is 0.481 e. The number of nitrogens with zero attached hydrogens (tertiary/aromatic N) is 2. The van der Waals surface area contributed by atoms with Gasteiger partial charge in [-0.2, -0.15) is 10.2 Å². The Kier molecular flexibility index (Phi) is 4.27. The van der Waals surface area contributed by atoms with Gasteiger partial charge in [-0.1, -0.05) is 28.1 Å². The normalized spacial score (nSPS) is 12.1. The number of aryl methyl sites for hydroxylation is 1. The van der Waals surface area contributed by atoms with E-state index in [0.29, 0.717) is 12.1 Å². The first-order valence-electron chi connectivity index (χ1n) is 5.83. The van der Waals surface area contributed by atoms with Crippen molar-refractivity contribution in [2.75, 3.05) is 0 Å². The number of aromatic nitrogens is 2. The summed E-state index contributed by atoms with van der Waals surface area (Å²) in [6.45, 7) is 1.87. The minimum absolute atomic E-state index is 0.404. The van der Waals surface area contributed by atoms with E-state index in [-0.39, 0.29) is 0 Å². The van der Waals surface area contributed by atoms with Crippen molar-refractivity contribution in [2.45, 2.75) is 19.3 Å². The van der Waals surface area contributed by atoms with Crippen LogP contribution < -0.4 is 0 Å². The zero-order valence-corrected chi connectivity index (χ0v) is 12.0. The molecule has 0 saturated carbocycles. The molecule has 0 aliphatic carbocycles. The van der Waals surface area contributed by atoms with E-state index in [1.807, 2.05) is 31.2 Å². The molecule has 1 heterocycles. The number of aliphatic carboxylic acids is 1. The SMILES string of the molecule is Cc1cnnc(C(Cc2ccc(Br)cc2)C(=O)O)c1. The van der Waals surface area contributed by atoms with Gasteiger partial charge < -0.3 is 5.11 Å². The molecule has 1 aromatic heterocycles. The number of carbonyl (C=O) groups is 1. The molecule has 2 rings (SSSR count). The summed E-state index contributed by atoms with van der Waals surface area (Å²) in [6, 6.07) is 9.38. The number of carboxylic acid groups (broad SMARTS) is 1. The van der Waals surface area contributed by atoms with E-state index in [4.69, 9.17) is 0 Å². The molecule has 98 valence electrons. The predicted octanol–water partition coefficient (Wildman–Crippen LogP) is 2.96. The Morgan fingerprint density at radius 3 is 2.63 bits per heavy atom. The molecule has 0 aliphatic rings. The molecule has 1 aromatic carbocycles. The van der Waals surface area contributed by atoms with Crippen LogP contribution >= 0.6 is 15.9 Å². The first kappa shape index (κ1) is 13.7. The van der Waals surface area contributed by atoms with Crippen LogP contribution in [0.15, 0.2) is 41.0 Å². The van der Waals surface area contributed by atoms with E-state index < -0.39 is 11.9 Å². The number of rotatable bonds is 4. The Labute approximate surface area is 119 Å². The van der Waals surface area contributed by atoms with E-state index >= 15 is 0 Å². The van der Waals surface area contributed by atoms with Crippen molar-refractivity contribution < 1.29 is 9.90 Å². The average Bonchev–Trinajstić information content (AvgIpc) is 2.37. The van der Waals surface area contributed by atoms with Gasteiger partial charge in [0.15, 0.2) is 0 Å². The highest BCUT2D eigenvalue weighted by molar-refractivity contribution is 9.10. The molecule has 1 N–H and O–H groups in total. The summed E-state index contributed by atoms with van der Waals surface area (Å²) < 4.78 is 0.971. The third kappa shape index (κ3) is 3.61. The van der Waals surface area contributed by atoms with Gasteiger partial charge in [-0.25, -0.2) is 0 Å². The molecule has 2 aromatic rings. The number of hydrogen-bond acceptors (Lipinski definition) is 3. The minimum atomic E-state index is -0.886. The summed E-state index contributed by atoms with van der Waals surface area (Å²) >= 11 is 3.36.